The van der Waals surface area contributed by atoms with Crippen LogP contribution in [0.15, 0.2) is 60.7 Å². The van der Waals surface area contributed by atoms with Gasteiger partial charge in [-0.1, -0.05) is 30.3 Å². The van der Waals surface area contributed by atoms with Crippen LogP contribution in [0.2, 0.25) is 0 Å². The van der Waals surface area contributed by atoms with E-state index in [1.54, 1.807) is 0 Å². The second-order valence-electron chi connectivity index (χ2n) is 3.67. The SMILES string of the molecule is [CH3-].[CH3-].[Pt].[c-]1ccccc1-c1ccc2ccccc2n1. The summed E-state index contributed by atoms with van der Waals surface area (Å²) in [5, 5.41) is 1.17. The van der Waals surface area contributed by atoms with Crippen LogP contribution in [-0.4, -0.2) is 4.98 Å². The molecule has 0 N–H and O–H groups in total. The van der Waals surface area contributed by atoms with Crippen molar-refractivity contribution in [3.63, 3.8) is 0 Å². The average Bonchev–Trinajstić information content (AvgIpc) is 2.39. The van der Waals surface area contributed by atoms with E-state index in [1.807, 2.05) is 48.5 Å². The van der Waals surface area contributed by atoms with E-state index in [0.717, 1.165) is 16.8 Å². The monoisotopic (exact) mass is 429 g/mol. The molecule has 19 heavy (non-hydrogen) atoms. The number of hydrogen-bond acceptors (Lipinski definition) is 1. The summed E-state index contributed by atoms with van der Waals surface area (Å²) in [6.07, 6.45) is 0. The average molecular weight is 429 g/mol. The van der Waals surface area contributed by atoms with E-state index >= 15 is 0 Å². The van der Waals surface area contributed by atoms with Crippen molar-refractivity contribution in [3.8, 4) is 11.3 Å². The fourth-order valence-electron chi connectivity index (χ4n) is 1.77. The van der Waals surface area contributed by atoms with Gasteiger partial charge < -0.3 is 14.9 Å². The molecule has 1 heterocycles. The second kappa shape index (κ2) is 7.86. The number of rotatable bonds is 1. The topological polar surface area (TPSA) is 12.9 Å². The van der Waals surface area contributed by atoms with Crippen LogP contribution in [-0.2, 0) is 21.1 Å². The van der Waals surface area contributed by atoms with E-state index in [9.17, 15) is 0 Å². The van der Waals surface area contributed by atoms with E-state index in [0.29, 0.717) is 0 Å². The predicted octanol–water partition coefficient (Wildman–Crippen LogP) is 4.60. The van der Waals surface area contributed by atoms with E-state index in [2.05, 4.69) is 23.2 Å². The molecule has 0 atom stereocenters. The van der Waals surface area contributed by atoms with Gasteiger partial charge in [-0.15, -0.1) is 35.9 Å². The number of fused-ring (bicyclic) bond motifs is 1. The molecule has 0 aliphatic heterocycles. The summed E-state index contributed by atoms with van der Waals surface area (Å²) in [7, 11) is 0. The number of hydrogen-bond donors (Lipinski definition) is 0. The fraction of sp³-hybridized carbons (Fsp3) is 0. The molecule has 3 rings (SSSR count). The van der Waals surface area contributed by atoms with Crippen molar-refractivity contribution in [3.05, 3.63) is 81.6 Å². The molecule has 0 aliphatic rings. The zero-order valence-electron chi connectivity index (χ0n) is 11.0. The molecule has 0 saturated carbocycles. The standard InChI is InChI=1S/C15H10N.2CH3.Pt/c1-2-6-12(7-3-1)15-11-10-13-8-4-5-9-14(13)16-15;;;/h1-6,8-11H;2*1H3;/q3*-1;. The first-order valence-electron chi connectivity index (χ1n) is 5.26. The van der Waals surface area contributed by atoms with Gasteiger partial charge in [0.15, 0.2) is 0 Å². The quantitative estimate of drug-likeness (QED) is 0.516. The molecule has 102 valence electrons. The van der Waals surface area contributed by atoms with Crippen molar-refractivity contribution in [1.29, 1.82) is 0 Å². The zero-order chi connectivity index (χ0) is 10.8. The molecule has 0 fully saturated rings. The second-order valence-corrected chi connectivity index (χ2v) is 3.67. The van der Waals surface area contributed by atoms with Crippen molar-refractivity contribution in [1.82, 2.24) is 4.98 Å². The molecule has 2 aromatic carbocycles. The van der Waals surface area contributed by atoms with Crippen LogP contribution in [0, 0.1) is 20.9 Å². The molecular weight excluding hydrogens is 413 g/mol. The first-order valence-corrected chi connectivity index (χ1v) is 5.26. The maximum atomic E-state index is 4.61. The van der Waals surface area contributed by atoms with Gasteiger partial charge in [0, 0.05) is 21.1 Å². The normalized spacial score (nSPS) is 8.84. The molecule has 1 aromatic heterocycles. The third kappa shape index (κ3) is 3.75. The number of para-hydroxylation sites is 1. The Balaban J connectivity index is 0.00000108. The van der Waals surface area contributed by atoms with Gasteiger partial charge in [0.25, 0.3) is 0 Å². The molecule has 0 unspecified atom stereocenters. The third-order valence-electron chi connectivity index (χ3n) is 2.58. The molecule has 0 saturated heterocycles. The molecule has 0 radical (unpaired) electrons. The summed E-state index contributed by atoms with van der Waals surface area (Å²) in [5.74, 6) is 0. The van der Waals surface area contributed by atoms with Gasteiger partial charge >= 0.3 is 0 Å². The molecule has 3 aromatic rings. The Bertz CT molecular complexity index is 620. The van der Waals surface area contributed by atoms with Crippen LogP contribution >= 0.6 is 0 Å². The molecular formula is C17H16NPt-3. The van der Waals surface area contributed by atoms with Crippen molar-refractivity contribution in [2.75, 3.05) is 0 Å². The van der Waals surface area contributed by atoms with Crippen LogP contribution in [0.5, 0.6) is 0 Å². The van der Waals surface area contributed by atoms with Crippen molar-refractivity contribution < 1.29 is 21.1 Å². The van der Waals surface area contributed by atoms with Gasteiger partial charge in [-0.2, -0.15) is 0 Å². The van der Waals surface area contributed by atoms with Crippen LogP contribution in [0.25, 0.3) is 22.2 Å². The maximum Gasteiger partial charge on any atom is 0.0595 e. The minimum atomic E-state index is 0. The van der Waals surface area contributed by atoms with E-state index in [4.69, 9.17) is 0 Å². The number of nitrogens with zero attached hydrogens (tertiary/aromatic N) is 1. The zero-order valence-corrected chi connectivity index (χ0v) is 13.3. The molecule has 2 heteroatoms. The molecule has 0 bridgehead atoms. The Labute approximate surface area is 130 Å². The van der Waals surface area contributed by atoms with Gasteiger partial charge in [-0.3, -0.25) is 4.98 Å². The van der Waals surface area contributed by atoms with Gasteiger partial charge in [0.05, 0.1) is 5.52 Å². The Morgan fingerprint density at radius 1 is 0.789 bits per heavy atom. The van der Waals surface area contributed by atoms with Crippen LogP contribution in [0.1, 0.15) is 0 Å². The maximum absolute atomic E-state index is 4.61. The van der Waals surface area contributed by atoms with E-state index in [-0.39, 0.29) is 35.9 Å². The molecule has 0 spiro atoms. The third-order valence-corrected chi connectivity index (χ3v) is 2.58. The summed E-state index contributed by atoms with van der Waals surface area (Å²) >= 11 is 0. The number of benzene rings is 2. The minimum absolute atomic E-state index is 0. The minimum Gasteiger partial charge on any atom is -0.358 e. The Morgan fingerprint density at radius 2 is 1.53 bits per heavy atom. The molecule has 1 nitrogen and oxygen atoms in total. The first kappa shape index (κ1) is 17.5. The molecule has 0 aliphatic carbocycles. The fourth-order valence-corrected chi connectivity index (χ4v) is 1.77. The van der Waals surface area contributed by atoms with Gasteiger partial charge in [-0.05, 0) is 17.1 Å². The summed E-state index contributed by atoms with van der Waals surface area (Å²) < 4.78 is 0. The van der Waals surface area contributed by atoms with Crippen molar-refractivity contribution >= 4 is 10.9 Å². The summed E-state index contributed by atoms with van der Waals surface area (Å²) in [5.41, 5.74) is 3.03. The first-order chi connectivity index (χ1) is 7.93. The number of aromatic nitrogens is 1. The Morgan fingerprint density at radius 3 is 2.26 bits per heavy atom. The van der Waals surface area contributed by atoms with Gasteiger partial charge in [-0.25, -0.2) is 0 Å². The summed E-state index contributed by atoms with van der Waals surface area (Å²) in [6.45, 7) is 0. The van der Waals surface area contributed by atoms with Crippen molar-refractivity contribution in [2.45, 2.75) is 0 Å². The molecule has 0 amide bonds. The summed E-state index contributed by atoms with van der Waals surface area (Å²) in [4.78, 5) is 4.61. The van der Waals surface area contributed by atoms with Crippen LogP contribution in [0.4, 0.5) is 0 Å². The Hall–Kier alpha value is -1.46. The Kier molecular flexibility index (Phi) is 7.26. The summed E-state index contributed by atoms with van der Waals surface area (Å²) in [6, 6.07) is 23.4. The van der Waals surface area contributed by atoms with E-state index in [1.165, 1.54) is 5.39 Å². The smallest absolute Gasteiger partial charge is 0.0595 e. The van der Waals surface area contributed by atoms with Crippen LogP contribution in [0.3, 0.4) is 0 Å². The van der Waals surface area contributed by atoms with Gasteiger partial charge in [0.1, 0.15) is 0 Å². The largest absolute Gasteiger partial charge is 0.358 e. The number of pyridine rings is 1. The van der Waals surface area contributed by atoms with Gasteiger partial charge in [0.2, 0.25) is 0 Å². The predicted molar refractivity (Wildman–Crippen MR) is 78.8 cm³/mol. The van der Waals surface area contributed by atoms with Crippen molar-refractivity contribution in [2.24, 2.45) is 0 Å². The van der Waals surface area contributed by atoms with E-state index < -0.39 is 0 Å². The van der Waals surface area contributed by atoms with Crippen LogP contribution < -0.4 is 0 Å².